The smallest absolute Gasteiger partial charge is 0.356 e. The third-order valence-electron chi connectivity index (χ3n) is 4.94. The molecule has 2 fully saturated rings. The highest BCUT2D eigenvalue weighted by Crippen LogP contribution is 2.37. The maximum atomic E-state index is 12.6. The van der Waals surface area contributed by atoms with Gasteiger partial charge in [0.2, 0.25) is 11.8 Å². The molecule has 1 atom stereocenters. The molecule has 2 amide bonds. The fourth-order valence-corrected chi connectivity index (χ4v) is 3.50. The van der Waals surface area contributed by atoms with Gasteiger partial charge < -0.3 is 10.2 Å². The normalized spacial score (nSPS) is 24.3. The Labute approximate surface area is 138 Å². The summed E-state index contributed by atoms with van der Waals surface area (Å²) >= 11 is 0. The number of likely N-dealkylation sites (tertiary alicyclic amines) is 1. The maximum Gasteiger partial charge on any atom is 0.416 e. The number of amides is 2. The van der Waals surface area contributed by atoms with Gasteiger partial charge in [-0.25, -0.2) is 0 Å². The van der Waals surface area contributed by atoms with Gasteiger partial charge in [0.05, 0.1) is 17.4 Å². The van der Waals surface area contributed by atoms with Gasteiger partial charge in [-0.2, -0.15) is 13.2 Å². The SMILES string of the molecule is O=C(Cc1ccc(C(F)(F)F)cc1)N1CC[C@]2(CCCNC2=O)C1. The van der Waals surface area contributed by atoms with E-state index in [-0.39, 0.29) is 18.2 Å². The van der Waals surface area contributed by atoms with Gasteiger partial charge in [-0.3, -0.25) is 9.59 Å². The number of carbonyl (C=O) groups excluding carboxylic acids is 2. The molecule has 0 aromatic heterocycles. The van der Waals surface area contributed by atoms with Crippen molar-refractivity contribution in [3.63, 3.8) is 0 Å². The zero-order valence-corrected chi connectivity index (χ0v) is 13.2. The van der Waals surface area contributed by atoms with Crippen LogP contribution in [0.25, 0.3) is 0 Å². The van der Waals surface area contributed by atoms with Crippen molar-refractivity contribution in [1.82, 2.24) is 10.2 Å². The molecule has 0 bridgehead atoms. The van der Waals surface area contributed by atoms with E-state index >= 15 is 0 Å². The van der Waals surface area contributed by atoms with Crippen LogP contribution in [0.1, 0.15) is 30.4 Å². The summed E-state index contributed by atoms with van der Waals surface area (Å²) in [7, 11) is 0. The molecular weight excluding hydrogens is 321 g/mol. The van der Waals surface area contributed by atoms with Crippen LogP contribution in [0, 0.1) is 5.41 Å². The van der Waals surface area contributed by atoms with Crippen molar-refractivity contribution in [2.45, 2.75) is 31.9 Å². The van der Waals surface area contributed by atoms with Crippen LogP contribution in [-0.2, 0) is 22.2 Å². The Kier molecular flexibility index (Phi) is 4.27. The number of hydrogen-bond donors (Lipinski definition) is 1. The first-order chi connectivity index (χ1) is 11.3. The van der Waals surface area contributed by atoms with Gasteiger partial charge in [0.1, 0.15) is 0 Å². The van der Waals surface area contributed by atoms with Crippen molar-refractivity contribution >= 4 is 11.8 Å². The number of carbonyl (C=O) groups is 2. The van der Waals surface area contributed by atoms with E-state index in [0.29, 0.717) is 31.6 Å². The summed E-state index contributed by atoms with van der Waals surface area (Å²) < 4.78 is 37.7. The molecular formula is C17H19F3N2O2. The highest BCUT2D eigenvalue weighted by molar-refractivity contribution is 5.86. The monoisotopic (exact) mass is 340 g/mol. The van der Waals surface area contributed by atoms with Crippen LogP contribution in [0.15, 0.2) is 24.3 Å². The van der Waals surface area contributed by atoms with Crippen LogP contribution in [0.3, 0.4) is 0 Å². The summed E-state index contributed by atoms with van der Waals surface area (Å²) in [5, 5.41) is 2.86. The number of piperidine rings is 1. The molecule has 0 saturated carbocycles. The summed E-state index contributed by atoms with van der Waals surface area (Å²) in [5.41, 5.74) is -0.659. The number of alkyl halides is 3. The van der Waals surface area contributed by atoms with E-state index in [2.05, 4.69) is 5.32 Å². The Hall–Kier alpha value is -2.05. The third kappa shape index (κ3) is 3.25. The van der Waals surface area contributed by atoms with E-state index in [1.807, 2.05) is 0 Å². The third-order valence-corrected chi connectivity index (χ3v) is 4.94. The Morgan fingerprint density at radius 3 is 2.54 bits per heavy atom. The van der Waals surface area contributed by atoms with E-state index in [1.54, 1.807) is 4.90 Å². The Balaban J connectivity index is 1.63. The molecule has 2 heterocycles. The van der Waals surface area contributed by atoms with Gasteiger partial charge in [0.25, 0.3) is 0 Å². The lowest BCUT2D eigenvalue weighted by molar-refractivity contribution is -0.137. The highest BCUT2D eigenvalue weighted by Gasteiger charge is 2.46. The van der Waals surface area contributed by atoms with Gasteiger partial charge in [-0.05, 0) is 37.0 Å². The molecule has 1 aromatic rings. The van der Waals surface area contributed by atoms with Crippen LogP contribution in [-0.4, -0.2) is 36.3 Å². The number of halogens is 3. The second kappa shape index (κ2) is 6.11. The molecule has 1 N–H and O–H groups in total. The molecule has 0 aliphatic carbocycles. The molecule has 7 heteroatoms. The molecule has 0 radical (unpaired) electrons. The Bertz CT molecular complexity index is 642. The average Bonchev–Trinajstić information content (AvgIpc) is 2.95. The lowest BCUT2D eigenvalue weighted by atomic mass is 9.79. The molecule has 2 aliphatic rings. The molecule has 2 saturated heterocycles. The predicted molar refractivity (Wildman–Crippen MR) is 81.0 cm³/mol. The summed E-state index contributed by atoms with van der Waals surface area (Å²) in [4.78, 5) is 26.2. The van der Waals surface area contributed by atoms with E-state index in [4.69, 9.17) is 0 Å². The number of nitrogens with one attached hydrogen (secondary N) is 1. The van der Waals surface area contributed by atoms with Crippen molar-refractivity contribution in [2.24, 2.45) is 5.41 Å². The maximum absolute atomic E-state index is 12.6. The first-order valence-electron chi connectivity index (χ1n) is 8.02. The minimum absolute atomic E-state index is 0.0126. The highest BCUT2D eigenvalue weighted by atomic mass is 19.4. The summed E-state index contributed by atoms with van der Waals surface area (Å²) in [6.07, 6.45) is -1.98. The van der Waals surface area contributed by atoms with Gasteiger partial charge in [0, 0.05) is 19.6 Å². The standard InChI is InChI=1S/C17H19F3N2O2/c18-17(19,20)13-4-2-12(3-5-13)10-14(23)22-9-7-16(11-22)6-1-8-21-15(16)24/h2-5H,1,6-11H2,(H,21,24)/t16-/m1/s1. The molecule has 1 spiro atoms. The van der Waals surface area contributed by atoms with Gasteiger partial charge >= 0.3 is 6.18 Å². The van der Waals surface area contributed by atoms with Crippen LogP contribution in [0.2, 0.25) is 0 Å². The lowest BCUT2D eigenvalue weighted by Gasteiger charge is -2.32. The average molecular weight is 340 g/mol. The van der Waals surface area contributed by atoms with Crippen molar-refractivity contribution in [2.75, 3.05) is 19.6 Å². The lowest BCUT2D eigenvalue weighted by Crippen LogP contribution is -2.48. The summed E-state index contributed by atoms with van der Waals surface area (Å²) in [6, 6.07) is 4.64. The van der Waals surface area contributed by atoms with Crippen molar-refractivity contribution in [1.29, 1.82) is 0 Å². The fraction of sp³-hybridized carbons (Fsp3) is 0.529. The number of hydrogen-bond acceptors (Lipinski definition) is 2. The molecule has 0 unspecified atom stereocenters. The molecule has 4 nitrogen and oxygen atoms in total. The Morgan fingerprint density at radius 2 is 1.92 bits per heavy atom. The van der Waals surface area contributed by atoms with Crippen LogP contribution in [0.5, 0.6) is 0 Å². The van der Waals surface area contributed by atoms with Crippen LogP contribution >= 0.6 is 0 Å². The largest absolute Gasteiger partial charge is 0.416 e. The quantitative estimate of drug-likeness (QED) is 0.899. The molecule has 24 heavy (non-hydrogen) atoms. The van der Waals surface area contributed by atoms with E-state index in [0.717, 1.165) is 25.0 Å². The molecule has 130 valence electrons. The minimum Gasteiger partial charge on any atom is -0.356 e. The first kappa shape index (κ1) is 16.8. The van der Waals surface area contributed by atoms with E-state index in [1.165, 1.54) is 12.1 Å². The summed E-state index contributed by atoms with van der Waals surface area (Å²) in [6.45, 7) is 1.60. The molecule has 3 rings (SSSR count). The molecule has 2 aliphatic heterocycles. The van der Waals surface area contributed by atoms with Gasteiger partial charge in [-0.15, -0.1) is 0 Å². The molecule has 1 aromatic carbocycles. The van der Waals surface area contributed by atoms with Crippen molar-refractivity contribution in [3.8, 4) is 0 Å². The minimum atomic E-state index is -4.38. The number of rotatable bonds is 2. The zero-order valence-electron chi connectivity index (χ0n) is 13.2. The van der Waals surface area contributed by atoms with Crippen molar-refractivity contribution < 1.29 is 22.8 Å². The second-order valence-electron chi connectivity index (χ2n) is 6.58. The first-order valence-corrected chi connectivity index (χ1v) is 8.02. The number of benzene rings is 1. The topological polar surface area (TPSA) is 49.4 Å². The second-order valence-corrected chi connectivity index (χ2v) is 6.58. The van der Waals surface area contributed by atoms with E-state index in [9.17, 15) is 22.8 Å². The predicted octanol–water partition coefficient (Wildman–Crippen LogP) is 2.38. The van der Waals surface area contributed by atoms with E-state index < -0.39 is 17.2 Å². The van der Waals surface area contributed by atoms with Gasteiger partial charge in [-0.1, -0.05) is 12.1 Å². The van der Waals surface area contributed by atoms with Crippen molar-refractivity contribution in [3.05, 3.63) is 35.4 Å². The number of nitrogens with zero attached hydrogens (tertiary/aromatic N) is 1. The Morgan fingerprint density at radius 1 is 1.21 bits per heavy atom. The zero-order chi connectivity index (χ0) is 17.4. The van der Waals surface area contributed by atoms with Crippen LogP contribution < -0.4 is 5.32 Å². The summed E-state index contributed by atoms with van der Waals surface area (Å²) in [5.74, 6) is -0.136. The van der Waals surface area contributed by atoms with Crippen LogP contribution in [0.4, 0.5) is 13.2 Å². The van der Waals surface area contributed by atoms with Gasteiger partial charge in [0.15, 0.2) is 0 Å². The fourth-order valence-electron chi connectivity index (χ4n) is 3.50.